The van der Waals surface area contributed by atoms with Gasteiger partial charge in [0.15, 0.2) is 0 Å². The van der Waals surface area contributed by atoms with E-state index in [2.05, 4.69) is 24.5 Å². The second-order valence-corrected chi connectivity index (χ2v) is 7.42. The van der Waals surface area contributed by atoms with Crippen LogP contribution in [-0.4, -0.2) is 48.3 Å². The molecule has 0 amide bonds. The maximum absolute atomic E-state index is 9.10. The Morgan fingerprint density at radius 3 is 1.14 bits per heavy atom. The van der Waals surface area contributed by atoms with Gasteiger partial charge in [0.25, 0.3) is 0 Å². The van der Waals surface area contributed by atoms with E-state index in [-0.39, 0.29) is 0 Å². The van der Waals surface area contributed by atoms with Gasteiger partial charge in [0.1, 0.15) is 0 Å². The Bertz CT molecular complexity index is 379. The van der Waals surface area contributed by atoms with Gasteiger partial charge in [0, 0.05) is 26.2 Å². The van der Waals surface area contributed by atoms with Gasteiger partial charge in [-0.25, -0.2) is 9.59 Å². The van der Waals surface area contributed by atoms with Gasteiger partial charge < -0.3 is 20.8 Å². The van der Waals surface area contributed by atoms with Crippen LogP contribution in [0.5, 0.6) is 0 Å². The van der Waals surface area contributed by atoms with Crippen molar-refractivity contribution in [1.82, 2.24) is 10.6 Å². The van der Waals surface area contributed by atoms with E-state index < -0.39 is 11.9 Å². The molecule has 6 heteroatoms. The molecule has 2 heterocycles. The van der Waals surface area contributed by atoms with E-state index >= 15 is 0 Å². The van der Waals surface area contributed by atoms with E-state index in [4.69, 9.17) is 19.8 Å². The van der Waals surface area contributed by atoms with Crippen molar-refractivity contribution in [3.8, 4) is 0 Å². The molecule has 0 aromatic carbocycles. The van der Waals surface area contributed by atoms with Crippen LogP contribution in [0.3, 0.4) is 0 Å². The minimum absolute atomic E-state index is 0.792. The van der Waals surface area contributed by atoms with Crippen molar-refractivity contribution in [2.75, 3.05) is 26.2 Å². The molecule has 126 valence electrons. The average Bonchev–Trinajstić information content (AvgIpc) is 2.33. The Balaban J connectivity index is 0.000000123. The van der Waals surface area contributed by atoms with Crippen molar-refractivity contribution in [3.63, 3.8) is 0 Å². The van der Waals surface area contributed by atoms with Crippen LogP contribution in [0.15, 0.2) is 0 Å². The number of nitrogens with one attached hydrogen (secondary N) is 2. The third kappa shape index (κ3) is 3.27. The Hall–Kier alpha value is -1.14. The van der Waals surface area contributed by atoms with Gasteiger partial charge >= 0.3 is 11.9 Å². The second-order valence-electron chi connectivity index (χ2n) is 7.42. The van der Waals surface area contributed by atoms with Crippen LogP contribution in [0, 0.1) is 22.7 Å². The lowest BCUT2D eigenvalue weighted by molar-refractivity contribution is -0.159. The van der Waals surface area contributed by atoms with Crippen molar-refractivity contribution in [2.24, 2.45) is 22.7 Å². The molecule has 0 bridgehead atoms. The fourth-order valence-electron chi connectivity index (χ4n) is 3.63. The predicted octanol–water partition coefficient (Wildman–Crippen LogP) is 1.17. The van der Waals surface area contributed by atoms with Crippen LogP contribution in [0.2, 0.25) is 0 Å². The van der Waals surface area contributed by atoms with Gasteiger partial charge in [-0.15, -0.1) is 0 Å². The molecule has 0 aromatic heterocycles. The Labute approximate surface area is 131 Å². The molecule has 4 rings (SSSR count). The third-order valence-corrected chi connectivity index (χ3v) is 6.33. The quantitative estimate of drug-likeness (QED) is 0.501. The number of carbonyl (C=O) groups is 2. The summed E-state index contributed by atoms with van der Waals surface area (Å²) in [5, 5.41) is 21.5. The zero-order valence-electron chi connectivity index (χ0n) is 13.5. The highest BCUT2D eigenvalue weighted by molar-refractivity contribution is 6.27. The van der Waals surface area contributed by atoms with Crippen molar-refractivity contribution < 1.29 is 19.8 Å². The largest absolute Gasteiger partial charge is 0.473 e. The van der Waals surface area contributed by atoms with E-state index in [1.54, 1.807) is 0 Å². The third-order valence-electron chi connectivity index (χ3n) is 6.33. The van der Waals surface area contributed by atoms with Gasteiger partial charge in [0.05, 0.1) is 0 Å². The summed E-state index contributed by atoms with van der Waals surface area (Å²) >= 11 is 0. The summed E-state index contributed by atoms with van der Waals surface area (Å²) in [5.41, 5.74) is 1.58. The van der Waals surface area contributed by atoms with Crippen molar-refractivity contribution >= 4 is 11.9 Å². The average molecular weight is 312 g/mol. The maximum Gasteiger partial charge on any atom is 0.414 e. The van der Waals surface area contributed by atoms with Crippen LogP contribution in [0.25, 0.3) is 0 Å². The zero-order valence-corrected chi connectivity index (χ0v) is 13.5. The minimum atomic E-state index is -1.82. The lowest BCUT2D eigenvalue weighted by Crippen LogP contribution is -2.61. The van der Waals surface area contributed by atoms with Crippen molar-refractivity contribution in [3.05, 3.63) is 0 Å². The molecule has 2 saturated carbocycles. The molecule has 2 aliphatic carbocycles. The number of aliphatic carboxylic acids is 2. The zero-order chi connectivity index (χ0) is 16.4. The number of carboxylic acid groups (broad SMARTS) is 2. The highest BCUT2D eigenvalue weighted by atomic mass is 16.4. The van der Waals surface area contributed by atoms with Crippen LogP contribution < -0.4 is 10.6 Å². The van der Waals surface area contributed by atoms with Gasteiger partial charge in [-0.3, -0.25) is 0 Å². The summed E-state index contributed by atoms with van der Waals surface area (Å²) in [5.74, 6) is -1.61. The molecule has 4 N–H and O–H groups in total. The smallest absolute Gasteiger partial charge is 0.414 e. The summed E-state index contributed by atoms with van der Waals surface area (Å²) in [6.45, 7) is 9.96. The summed E-state index contributed by atoms with van der Waals surface area (Å²) < 4.78 is 0. The molecular formula is C16H28N2O4. The molecule has 2 aliphatic heterocycles. The number of hydrogen-bond acceptors (Lipinski definition) is 4. The number of carboxylic acids is 2. The minimum Gasteiger partial charge on any atom is -0.473 e. The molecule has 4 aliphatic rings. The molecular weight excluding hydrogens is 284 g/mol. The van der Waals surface area contributed by atoms with Crippen LogP contribution in [0.4, 0.5) is 0 Å². The highest BCUT2D eigenvalue weighted by Crippen LogP contribution is 2.49. The molecule has 2 spiro atoms. The summed E-state index contributed by atoms with van der Waals surface area (Å²) in [6.07, 6.45) is 5.92. The molecule has 0 aromatic rings. The lowest BCUT2D eigenvalue weighted by atomic mass is 9.57. The van der Waals surface area contributed by atoms with Gasteiger partial charge in [-0.1, -0.05) is 13.8 Å². The monoisotopic (exact) mass is 312 g/mol. The standard InChI is InChI=1S/2C7H13N.C2H2O4/c2*1-6-2-3-7(6)4-8-5-7;3-1(4)2(5)6/h2*6,8H,2-5H2,1H3;(H,3,4)(H,5,6). The molecule has 4 fully saturated rings. The first-order chi connectivity index (χ1) is 10.3. The van der Waals surface area contributed by atoms with E-state index in [9.17, 15) is 0 Å². The van der Waals surface area contributed by atoms with Crippen LogP contribution in [-0.2, 0) is 9.59 Å². The van der Waals surface area contributed by atoms with Gasteiger partial charge in [-0.05, 0) is 48.3 Å². The first-order valence-corrected chi connectivity index (χ1v) is 8.19. The Morgan fingerprint density at radius 2 is 1.14 bits per heavy atom. The molecule has 6 nitrogen and oxygen atoms in total. The highest BCUT2D eigenvalue weighted by Gasteiger charge is 2.48. The Kier molecular flexibility index (Phi) is 5.12. The van der Waals surface area contributed by atoms with Gasteiger partial charge in [0.2, 0.25) is 0 Å². The number of rotatable bonds is 0. The number of hydrogen-bond donors (Lipinski definition) is 4. The molecule has 22 heavy (non-hydrogen) atoms. The van der Waals surface area contributed by atoms with Gasteiger partial charge in [-0.2, -0.15) is 0 Å². The molecule has 2 unspecified atom stereocenters. The van der Waals surface area contributed by atoms with E-state index in [0.29, 0.717) is 0 Å². The normalized spacial score (nSPS) is 31.7. The lowest BCUT2D eigenvalue weighted by Gasteiger charge is -2.55. The second kappa shape index (κ2) is 6.54. The Morgan fingerprint density at radius 1 is 0.818 bits per heavy atom. The van der Waals surface area contributed by atoms with Crippen molar-refractivity contribution in [2.45, 2.75) is 39.5 Å². The fraction of sp³-hybridized carbons (Fsp3) is 0.875. The first kappa shape index (κ1) is 17.2. The summed E-state index contributed by atoms with van der Waals surface area (Å²) in [7, 11) is 0. The van der Waals surface area contributed by atoms with E-state index in [1.807, 2.05) is 0 Å². The van der Waals surface area contributed by atoms with Crippen LogP contribution in [0.1, 0.15) is 39.5 Å². The van der Waals surface area contributed by atoms with Crippen molar-refractivity contribution in [1.29, 1.82) is 0 Å². The van der Waals surface area contributed by atoms with E-state index in [0.717, 1.165) is 22.7 Å². The molecule has 2 atom stereocenters. The van der Waals surface area contributed by atoms with Crippen LogP contribution >= 0.6 is 0 Å². The predicted molar refractivity (Wildman–Crippen MR) is 82.7 cm³/mol. The molecule has 0 radical (unpaired) electrons. The first-order valence-electron chi connectivity index (χ1n) is 8.19. The summed E-state index contributed by atoms with van der Waals surface area (Å²) in [4.78, 5) is 18.2. The SMILES string of the molecule is CC1CCC12CNC2.CC1CCC12CNC2.O=C(O)C(=O)O. The maximum atomic E-state index is 9.10. The molecule has 2 saturated heterocycles. The fourth-order valence-corrected chi connectivity index (χ4v) is 3.63. The van der Waals surface area contributed by atoms with E-state index in [1.165, 1.54) is 51.9 Å². The topological polar surface area (TPSA) is 98.7 Å². The summed E-state index contributed by atoms with van der Waals surface area (Å²) in [6, 6.07) is 0.